The topological polar surface area (TPSA) is 29.3 Å². The zero-order chi connectivity index (χ0) is 13.1. The van der Waals surface area contributed by atoms with Crippen molar-refractivity contribution >= 4 is 0 Å². The quantitative estimate of drug-likeness (QED) is 0.854. The van der Waals surface area contributed by atoms with Gasteiger partial charge >= 0.3 is 0 Å². The zero-order valence-corrected chi connectivity index (χ0v) is 11.2. The van der Waals surface area contributed by atoms with Crippen LogP contribution in [-0.2, 0) is 0 Å². The average Bonchev–Trinajstić information content (AvgIpc) is 2.30. The summed E-state index contributed by atoms with van der Waals surface area (Å²) in [6.45, 7) is 6.99. The highest BCUT2D eigenvalue weighted by Gasteiger charge is 2.28. The Morgan fingerprint density at radius 3 is 2.53 bits per heavy atom. The second kappa shape index (κ2) is 5.61. The third-order valence-corrected chi connectivity index (χ3v) is 3.74. The van der Waals surface area contributed by atoms with E-state index in [2.05, 4.69) is 25.7 Å². The van der Waals surface area contributed by atoms with E-state index in [1.165, 1.54) is 6.07 Å². The van der Waals surface area contributed by atoms with Gasteiger partial charge in [0, 0.05) is 18.1 Å². The molecule has 0 fully saturated rings. The van der Waals surface area contributed by atoms with Crippen LogP contribution in [0.15, 0.2) is 24.3 Å². The Hall–Kier alpha value is -0.930. The van der Waals surface area contributed by atoms with E-state index in [0.717, 1.165) is 12.0 Å². The highest BCUT2D eigenvalue weighted by atomic mass is 19.1. The number of likely N-dealkylation sites (N-methyl/N-ethyl adjacent to an activating group) is 1. The van der Waals surface area contributed by atoms with Gasteiger partial charge in [-0.05, 0) is 45.0 Å². The summed E-state index contributed by atoms with van der Waals surface area (Å²) in [7, 11) is 2.05. The van der Waals surface area contributed by atoms with Crippen molar-refractivity contribution in [3.63, 3.8) is 0 Å². The fourth-order valence-electron chi connectivity index (χ4n) is 1.90. The van der Waals surface area contributed by atoms with Crippen LogP contribution in [0.25, 0.3) is 0 Å². The van der Waals surface area contributed by atoms with Gasteiger partial charge in [-0.15, -0.1) is 0 Å². The Balaban J connectivity index is 2.99. The summed E-state index contributed by atoms with van der Waals surface area (Å²) in [5.74, 6) is -0.205. The molecule has 0 heterocycles. The molecule has 0 radical (unpaired) electrons. The first-order valence-corrected chi connectivity index (χ1v) is 6.11. The summed E-state index contributed by atoms with van der Waals surface area (Å²) < 4.78 is 13.2. The standard InChI is InChI=1S/C14H23FN2/c1-5-14(2,3)17(4)13(10-16)11-7-6-8-12(15)9-11/h6-9,13H,5,10,16H2,1-4H3. The minimum Gasteiger partial charge on any atom is -0.329 e. The fourth-order valence-corrected chi connectivity index (χ4v) is 1.90. The molecule has 1 aromatic carbocycles. The van der Waals surface area contributed by atoms with E-state index in [-0.39, 0.29) is 17.4 Å². The van der Waals surface area contributed by atoms with Crippen LogP contribution < -0.4 is 5.73 Å². The average molecular weight is 238 g/mol. The van der Waals surface area contributed by atoms with Crippen LogP contribution in [0.4, 0.5) is 4.39 Å². The van der Waals surface area contributed by atoms with E-state index in [9.17, 15) is 4.39 Å². The molecular weight excluding hydrogens is 215 g/mol. The van der Waals surface area contributed by atoms with Crippen LogP contribution >= 0.6 is 0 Å². The molecule has 0 aromatic heterocycles. The molecule has 0 spiro atoms. The van der Waals surface area contributed by atoms with E-state index in [1.807, 2.05) is 13.1 Å². The molecular formula is C14H23FN2. The molecule has 2 N–H and O–H groups in total. The van der Waals surface area contributed by atoms with Crippen molar-refractivity contribution in [2.24, 2.45) is 5.73 Å². The van der Waals surface area contributed by atoms with Gasteiger partial charge in [0.2, 0.25) is 0 Å². The predicted octanol–water partition coefficient (Wildman–Crippen LogP) is 2.95. The van der Waals surface area contributed by atoms with Crippen molar-refractivity contribution in [2.45, 2.75) is 38.8 Å². The van der Waals surface area contributed by atoms with Gasteiger partial charge in [-0.1, -0.05) is 19.1 Å². The molecule has 0 saturated carbocycles. The van der Waals surface area contributed by atoms with E-state index in [0.29, 0.717) is 6.54 Å². The number of nitrogens with zero attached hydrogens (tertiary/aromatic N) is 1. The second-order valence-corrected chi connectivity index (χ2v) is 5.08. The third-order valence-electron chi connectivity index (χ3n) is 3.74. The number of rotatable bonds is 5. The lowest BCUT2D eigenvalue weighted by Gasteiger charge is -2.40. The molecule has 0 aliphatic carbocycles. The minimum atomic E-state index is -0.205. The van der Waals surface area contributed by atoms with Crippen LogP contribution in [-0.4, -0.2) is 24.0 Å². The van der Waals surface area contributed by atoms with Gasteiger partial charge in [-0.25, -0.2) is 4.39 Å². The Morgan fingerprint density at radius 2 is 2.06 bits per heavy atom. The molecule has 17 heavy (non-hydrogen) atoms. The van der Waals surface area contributed by atoms with Gasteiger partial charge < -0.3 is 5.73 Å². The smallest absolute Gasteiger partial charge is 0.123 e. The van der Waals surface area contributed by atoms with Gasteiger partial charge in [0.1, 0.15) is 5.82 Å². The lowest BCUT2D eigenvalue weighted by atomic mass is 9.95. The van der Waals surface area contributed by atoms with Crippen molar-refractivity contribution in [1.82, 2.24) is 4.90 Å². The molecule has 1 rings (SSSR count). The van der Waals surface area contributed by atoms with Crippen molar-refractivity contribution in [2.75, 3.05) is 13.6 Å². The summed E-state index contributed by atoms with van der Waals surface area (Å²) in [5, 5.41) is 0. The maximum Gasteiger partial charge on any atom is 0.123 e. The summed E-state index contributed by atoms with van der Waals surface area (Å²) >= 11 is 0. The van der Waals surface area contributed by atoms with Gasteiger partial charge in [0.15, 0.2) is 0 Å². The largest absolute Gasteiger partial charge is 0.329 e. The predicted molar refractivity (Wildman–Crippen MR) is 70.3 cm³/mol. The molecule has 0 aliphatic heterocycles. The molecule has 96 valence electrons. The molecule has 1 unspecified atom stereocenters. The van der Waals surface area contributed by atoms with Gasteiger partial charge in [0.05, 0.1) is 0 Å². The molecule has 2 nitrogen and oxygen atoms in total. The van der Waals surface area contributed by atoms with Crippen LogP contribution in [0.1, 0.15) is 38.8 Å². The highest BCUT2D eigenvalue weighted by molar-refractivity contribution is 5.21. The van der Waals surface area contributed by atoms with Crippen molar-refractivity contribution < 1.29 is 4.39 Å². The monoisotopic (exact) mass is 238 g/mol. The highest BCUT2D eigenvalue weighted by Crippen LogP contribution is 2.28. The van der Waals surface area contributed by atoms with Crippen LogP contribution in [0.3, 0.4) is 0 Å². The first-order chi connectivity index (χ1) is 7.92. The van der Waals surface area contributed by atoms with Crippen LogP contribution in [0.5, 0.6) is 0 Å². The first kappa shape index (κ1) is 14.1. The van der Waals surface area contributed by atoms with Gasteiger partial charge in [0.25, 0.3) is 0 Å². The molecule has 1 aromatic rings. The van der Waals surface area contributed by atoms with E-state index in [4.69, 9.17) is 5.73 Å². The van der Waals surface area contributed by atoms with Crippen molar-refractivity contribution in [1.29, 1.82) is 0 Å². The number of hydrogen-bond acceptors (Lipinski definition) is 2. The molecule has 0 bridgehead atoms. The van der Waals surface area contributed by atoms with Crippen molar-refractivity contribution in [3.05, 3.63) is 35.6 Å². The molecule has 1 atom stereocenters. The summed E-state index contributed by atoms with van der Waals surface area (Å²) in [6, 6.07) is 6.76. The maximum atomic E-state index is 13.2. The van der Waals surface area contributed by atoms with Crippen LogP contribution in [0.2, 0.25) is 0 Å². The molecule has 3 heteroatoms. The first-order valence-electron chi connectivity index (χ1n) is 6.11. The summed E-state index contributed by atoms with van der Waals surface area (Å²) in [4.78, 5) is 2.22. The van der Waals surface area contributed by atoms with E-state index < -0.39 is 0 Å². The Morgan fingerprint density at radius 1 is 1.41 bits per heavy atom. The summed E-state index contributed by atoms with van der Waals surface area (Å²) in [6.07, 6.45) is 1.02. The lowest BCUT2D eigenvalue weighted by molar-refractivity contribution is 0.100. The Bertz CT molecular complexity index is 363. The number of nitrogens with two attached hydrogens (primary N) is 1. The number of halogens is 1. The van der Waals surface area contributed by atoms with Crippen LogP contribution in [0, 0.1) is 5.82 Å². The Kier molecular flexibility index (Phi) is 4.66. The van der Waals surface area contributed by atoms with Gasteiger partial charge in [-0.3, -0.25) is 4.90 Å². The minimum absolute atomic E-state index is 0.0519. The normalized spacial score (nSPS) is 14.1. The second-order valence-electron chi connectivity index (χ2n) is 5.08. The Labute approximate surface area is 104 Å². The SMILES string of the molecule is CCC(C)(C)N(C)C(CN)c1cccc(F)c1. The number of benzene rings is 1. The van der Waals surface area contributed by atoms with Crippen molar-refractivity contribution in [3.8, 4) is 0 Å². The maximum absolute atomic E-state index is 13.2. The fraction of sp³-hybridized carbons (Fsp3) is 0.571. The zero-order valence-electron chi connectivity index (χ0n) is 11.2. The lowest BCUT2D eigenvalue weighted by Crippen LogP contribution is -2.45. The third kappa shape index (κ3) is 3.27. The molecule has 0 aliphatic rings. The summed E-state index contributed by atoms with van der Waals surface area (Å²) in [5.41, 5.74) is 6.84. The molecule has 0 saturated heterocycles. The van der Waals surface area contributed by atoms with E-state index in [1.54, 1.807) is 12.1 Å². The van der Waals surface area contributed by atoms with E-state index >= 15 is 0 Å². The molecule has 0 amide bonds. The van der Waals surface area contributed by atoms with Gasteiger partial charge in [-0.2, -0.15) is 0 Å². The number of hydrogen-bond donors (Lipinski definition) is 1.